The topological polar surface area (TPSA) is 59.9 Å². The van der Waals surface area contributed by atoms with Crippen molar-refractivity contribution in [2.75, 3.05) is 46.4 Å². The molecule has 0 aromatic heterocycles. The molecule has 1 heterocycles. The summed E-state index contributed by atoms with van der Waals surface area (Å²) in [6, 6.07) is 10.1. The normalized spacial score (nSPS) is 17.2. The lowest BCUT2D eigenvalue weighted by Gasteiger charge is -2.19. The van der Waals surface area contributed by atoms with Crippen molar-refractivity contribution in [3.63, 3.8) is 0 Å². The SMILES string of the molecule is CN=C(NCCCN1CCCC1)NCC(CO)c1ccccc1. The molecule has 0 amide bonds. The first-order chi connectivity index (χ1) is 11.3. The standard InChI is InChI=1S/C18H30N4O/c1-19-18(20-10-7-13-22-11-5-6-12-22)21-14-17(15-23)16-8-3-2-4-9-16/h2-4,8-9,17,23H,5-7,10-15H2,1H3,(H2,19,20,21). The van der Waals surface area contributed by atoms with E-state index in [1.54, 1.807) is 7.05 Å². The first kappa shape index (κ1) is 17.8. The molecule has 0 radical (unpaired) electrons. The lowest BCUT2D eigenvalue weighted by atomic mass is 10.0. The third-order valence-corrected chi connectivity index (χ3v) is 4.37. The zero-order valence-electron chi connectivity index (χ0n) is 14.2. The number of guanidine groups is 1. The summed E-state index contributed by atoms with van der Waals surface area (Å²) in [4.78, 5) is 6.78. The van der Waals surface area contributed by atoms with Crippen molar-refractivity contribution < 1.29 is 5.11 Å². The molecule has 128 valence electrons. The highest BCUT2D eigenvalue weighted by Gasteiger charge is 2.12. The van der Waals surface area contributed by atoms with Gasteiger partial charge in [-0.05, 0) is 44.5 Å². The van der Waals surface area contributed by atoms with Gasteiger partial charge in [-0.15, -0.1) is 0 Å². The van der Waals surface area contributed by atoms with Crippen LogP contribution in [0, 0.1) is 0 Å². The Morgan fingerprint density at radius 1 is 1.22 bits per heavy atom. The van der Waals surface area contributed by atoms with E-state index in [2.05, 4.69) is 32.7 Å². The summed E-state index contributed by atoms with van der Waals surface area (Å²) in [5, 5.41) is 16.3. The molecule has 1 saturated heterocycles. The molecule has 0 saturated carbocycles. The van der Waals surface area contributed by atoms with Crippen LogP contribution in [0.25, 0.3) is 0 Å². The number of nitrogens with one attached hydrogen (secondary N) is 2. The largest absolute Gasteiger partial charge is 0.396 e. The van der Waals surface area contributed by atoms with Crippen molar-refractivity contribution in [1.82, 2.24) is 15.5 Å². The first-order valence-electron chi connectivity index (χ1n) is 8.66. The predicted octanol–water partition coefficient (Wildman–Crippen LogP) is 1.41. The van der Waals surface area contributed by atoms with Crippen LogP contribution < -0.4 is 10.6 Å². The van der Waals surface area contributed by atoms with Gasteiger partial charge in [0.1, 0.15) is 0 Å². The van der Waals surface area contributed by atoms with Gasteiger partial charge in [-0.2, -0.15) is 0 Å². The van der Waals surface area contributed by atoms with Gasteiger partial charge in [0.15, 0.2) is 5.96 Å². The number of aliphatic hydroxyl groups excluding tert-OH is 1. The van der Waals surface area contributed by atoms with Crippen molar-refractivity contribution in [2.24, 2.45) is 4.99 Å². The fourth-order valence-corrected chi connectivity index (χ4v) is 2.97. The summed E-state index contributed by atoms with van der Waals surface area (Å²) >= 11 is 0. The number of aliphatic hydroxyl groups is 1. The lowest BCUT2D eigenvalue weighted by molar-refractivity contribution is 0.265. The lowest BCUT2D eigenvalue weighted by Crippen LogP contribution is -2.40. The van der Waals surface area contributed by atoms with Gasteiger partial charge in [0.25, 0.3) is 0 Å². The van der Waals surface area contributed by atoms with E-state index in [1.165, 1.54) is 25.9 Å². The Kier molecular flexibility index (Phi) is 7.90. The van der Waals surface area contributed by atoms with Crippen LogP contribution in [0.3, 0.4) is 0 Å². The zero-order chi connectivity index (χ0) is 16.3. The molecular weight excluding hydrogens is 288 g/mol. The molecule has 3 N–H and O–H groups in total. The zero-order valence-corrected chi connectivity index (χ0v) is 14.2. The first-order valence-corrected chi connectivity index (χ1v) is 8.66. The van der Waals surface area contributed by atoms with Gasteiger partial charge in [0, 0.05) is 26.1 Å². The van der Waals surface area contributed by atoms with E-state index in [9.17, 15) is 5.11 Å². The minimum Gasteiger partial charge on any atom is -0.396 e. The van der Waals surface area contributed by atoms with Gasteiger partial charge in [-0.1, -0.05) is 30.3 Å². The molecule has 23 heavy (non-hydrogen) atoms. The highest BCUT2D eigenvalue weighted by Crippen LogP contribution is 2.13. The third-order valence-electron chi connectivity index (χ3n) is 4.37. The second-order valence-electron chi connectivity index (χ2n) is 6.07. The van der Waals surface area contributed by atoms with Crippen LogP contribution in [-0.4, -0.2) is 62.3 Å². The van der Waals surface area contributed by atoms with E-state index in [4.69, 9.17) is 0 Å². The van der Waals surface area contributed by atoms with Gasteiger partial charge < -0.3 is 20.6 Å². The highest BCUT2D eigenvalue weighted by molar-refractivity contribution is 5.79. The Morgan fingerprint density at radius 2 is 1.96 bits per heavy atom. The maximum atomic E-state index is 9.59. The van der Waals surface area contributed by atoms with E-state index in [0.29, 0.717) is 6.54 Å². The Morgan fingerprint density at radius 3 is 2.61 bits per heavy atom. The Balaban J connectivity index is 1.67. The number of hydrogen-bond acceptors (Lipinski definition) is 3. The van der Waals surface area contributed by atoms with Gasteiger partial charge in [0.2, 0.25) is 0 Å². The average molecular weight is 318 g/mol. The minimum absolute atomic E-state index is 0.0827. The number of benzene rings is 1. The second-order valence-corrected chi connectivity index (χ2v) is 6.07. The van der Waals surface area contributed by atoms with E-state index >= 15 is 0 Å². The molecule has 5 nitrogen and oxygen atoms in total. The summed E-state index contributed by atoms with van der Waals surface area (Å²) in [6.07, 6.45) is 3.82. The molecule has 1 aliphatic rings. The summed E-state index contributed by atoms with van der Waals surface area (Å²) in [5.74, 6) is 0.889. The molecule has 1 fully saturated rings. The molecule has 1 aromatic carbocycles. The number of hydrogen-bond donors (Lipinski definition) is 3. The third kappa shape index (κ3) is 6.20. The molecule has 1 unspecified atom stereocenters. The molecule has 1 atom stereocenters. The fraction of sp³-hybridized carbons (Fsp3) is 0.611. The number of aliphatic imine (C=N–C) groups is 1. The monoisotopic (exact) mass is 318 g/mol. The molecule has 0 bridgehead atoms. The second kappa shape index (κ2) is 10.2. The van der Waals surface area contributed by atoms with Crippen LogP contribution in [0.4, 0.5) is 0 Å². The quantitative estimate of drug-likeness (QED) is 0.385. The van der Waals surface area contributed by atoms with Crippen molar-refractivity contribution in [2.45, 2.75) is 25.2 Å². The molecular formula is C18H30N4O. The van der Waals surface area contributed by atoms with Gasteiger partial charge in [-0.3, -0.25) is 4.99 Å². The Bertz CT molecular complexity index is 457. The average Bonchev–Trinajstić information content (AvgIpc) is 3.11. The van der Waals surface area contributed by atoms with E-state index in [-0.39, 0.29) is 12.5 Å². The van der Waals surface area contributed by atoms with E-state index in [1.807, 2.05) is 18.2 Å². The summed E-state index contributed by atoms with van der Waals surface area (Å²) in [7, 11) is 1.78. The molecule has 2 rings (SSSR count). The van der Waals surface area contributed by atoms with Crippen molar-refractivity contribution in [1.29, 1.82) is 0 Å². The van der Waals surface area contributed by atoms with Gasteiger partial charge in [-0.25, -0.2) is 0 Å². The summed E-state index contributed by atoms with van der Waals surface area (Å²) in [5.41, 5.74) is 1.15. The maximum Gasteiger partial charge on any atom is 0.191 e. The van der Waals surface area contributed by atoms with Gasteiger partial charge >= 0.3 is 0 Å². The summed E-state index contributed by atoms with van der Waals surface area (Å²) < 4.78 is 0. The van der Waals surface area contributed by atoms with Crippen molar-refractivity contribution in [3.05, 3.63) is 35.9 Å². The number of likely N-dealkylation sites (tertiary alicyclic amines) is 1. The van der Waals surface area contributed by atoms with Crippen LogP contribution in [0.1, 0.15) is 30.7 Å². The fourth-order valence-electron chi connectivity index (χ4n) is 2.97. The van der Waals surface area contributed by atoms with Crippen LogP contribution in [0.2, 0.25) is 0 Å². The van der Waals surface area contributed by atoms with Crippen molar-refractivity contribution in [3.8, 4) is 0 Å². The van der Waals surface area contributed by atoms with Crippen LogP contribution in [-0.2, 0) is 0 Å². The summed E-state index contributed by atoms with van der Waals surface area (Å²) in [6.45, 7) is 5.39. The van der Waals surface area contributed by atoms with Gasteiger partial charge in [0.05, 0.1) is 6.61 Å². The number of nitrogens with zero attached hydrogens (tertiary/aromatic N) is 2. The molecule has 1 aliphatic heterocycles. The van der Waals surface area contributed by atoms with E-state index in [0.717, 1.165) is 31.0 Å². The Labute approximate surface area is 139 Å². The Hall–Kier alpha value is -1.59. The predicted molar refractivity (Wildman–Crippen MR) is 95.9 cm³/mol. The maximum absolute atomic E-state index is 9.59. The minimum atomic E-state index is 0.0827. The number of rotatable bonds is 8. The van der Waals surface area contributed by atoms with Crippen LogP contribution in [0.5, 0.6) is 0 Å². The van der Waals surface area contributed by atoms with E-state index < -0.39 is 0 Å². The highest BCUT2D eigenvalue weighted by atomic mass is 16.3. The van der Waals surface area contributed by atoms with Crippen LogP contribution >= 0.6 is 0 Å². The van der Waals surface area contributed by atoms with Crippen molar-refractivity contribution >= 4 is 5.96 Å². The smallest absolute Gasteiger partial charge is 0.191 e. The molecule has 1 aromatic rings. The molecule has 0 aliphatic carbocycles. The molecule has 5 heteroatoms. The molecule has 0 spiro atoms. The van der Waals surface area contributed by atoms with Crippen LogP contribution in [0.15, 0.2) is 35.3 Å².